The highest BCUT2D eigenvalue weighted by molar-refractivity contribution is 9.10. The molecule has 5 nitrogen and oxygen atoms in total. The minimum absolute atomic E-state index is 0.151. The third-order valence-corrected chi connectivity index (χ3v) is 5.38. The molecule has 0 atom stereocenters. The Morgan fingerprint density at radius 3 is 2.68 bits per heavy atom. The zero-order valence-corrected chi connectivity index (χ0v) is 18.3. The lowest BCUT2D eigenvalue weighted by atomic mass is 10.1. The van der Waals surface area contributed by atoms with Crippen molar-refractivity contribution in [2.45, 2.75) is 6.54 Å². The summed E-state index contributed by atoms with van der Waals surface area (Å²) in [5, 5.41) is 8.81. The van der Waals surface area contributed by atoms with E-state index in [4.69, 9.17) is 0 Å². The highest BCUT2D eigenvalue weighted by Gasteiger charge is 2.10. The molecule has 0 spiro atoms. The van der Waals surface area contributed by atoms with Crippen molar-refractivity contribution < 1.29 is 4.79 Å². The normalized spacial score (nSPS) is 11.0. The van der Waals surface area contributed by atoms with Gasteiger partial charge in [0.2, 0.25) is 0 Å². The Bertz CT molecular complexity index is 924. The van der Waals surface area contributed by atoms with Gasteiger partial charge < -0.3 is 10.2 Å². The number of amides is 1. The SMILES string of the molecule is CN(C)CCNCc1ccc(C(=O)Nc2nc(-c3cccc(Br)c3)cs2)cc1. The van der Waals surface area contributed by atoms with E-state index in [0.717, 1.165) is 40.9 Å². The number of thiazole rings is 1. The van der Waals surface area contributed by atoms with Gasteiger partial charge in [-0.2, -0.15) is 0 Å². The second-order valence-electron chi connectivity index (χ2n) is 6.68. The predicted octanol–water partition coefficient (Wildman–Crippen LogP) is 4.48. The monoisotopic (exact) mass is 458 g/mol. The van der Waals surface area contributed by atoms with Crippen LogP contribution in [0.4, 0.5) is 5.13 Å². The number of rotatable bonds is 8. The van der Waals surface area contributed by atoms with E-state index in [-0.39, 0.29) is 5.91 Å². The molecule has 0 fully saturated rings. The molecule has 2 N–H and O–H groups in total. The number of anilines is 1. The fourth-order valence-electron chi connectivity index (χ4n) is 2.59. The third-order valence-electron chi connectivity index (χ3n) is 4.13. The molecular formula is C21H23BrN4OS. The van der Waals surface area contributed by atoms with Crippen LogP contribution in [-0.4, -0.2) is 43.0 Å². The van der Waals surface area contributed by atoms with Gasteiger partial charge in [-0.3, -0.25) is 10.1 Å². The first kappa shape index (κ1) is 20.7. The van der Waals surface area contributed by atoms with Gasteiger partial charge in [-0.15, -0.1) is 11.3 Å². The number of nitrogens with zero attached hydrogens (tertiary/aromatic N) is 2. The Hall–Kier alpha value is -2.06. The first-order chi connectivity index (χ1) is 13.5. The van der Waals surface area contributed by atoms with Crippen molar-refractivity contribution in [3.05, 3.63) is 69.5 Å². The second-order valence-corrected chi connectivity index (χ2v) is 8.45. The maximum atomic E-state index is 12.5. The van der Waals surface area contributed by atoms with Gasteiger partial charge in [0, 0.05) is 40.6 Å². The van der Waals surface area contributed by atoms with Crippen LogP contribution in [0.3, 0.4) is 0 Å². The van der Waals surface area contributed by atoms with E-state index in [0.29, 0.717) is 10.7 Å². The maximum Gasteiger partial charge on any atom is 0.257 e. The molecule has 0 bridgehead atoms. The Balaban J connectivity index is 1.56. The van der Waals surface area contributed by atoms with Gasteiger partial charge in [-0.1, -0.05) is 40.2 Å². The number of carbonyl (C=O) groups excluding carboxylic acids is 1. The Morgan fingerprint density at radius 1 is 1.18 bits per heavy atom. The van der Waals surface area contributed by atoms with Gasteiger partial charge in [0.15, 0.2) is 5.13 Å². The summed E-state index contributed by atoms with van der Waals surface area (Å²) >= 11 is 4.89. The van der Waals surface area contributed by atoms with E-state index in [1.807, 2.05) is 53.9 Å². The van der Waals surface area contributed by atoms with Crippen LogP contribution in [0.1, 0.15) is 15.9 Å². The minimum Gasteiger partial charge on any atom is -0.311 e. The fraction of sp³-hybridized carbons (Fsp3) is 0.238. The average Bonchev–Trinajstić information content (AvgIpc) is 3.14. The van der Waals surface area contributed by atoms with Gasteiger partial charge >= 0.3 is 0 Å². The van der Waals surface area contributed by atoms with Crippen molar-refractivity contribution in [3.63, 3.8) is 0 Å². The molecule has 7 heteroatoms. The number of hydrogen-bond donors (Lipinski definition) is 2. The summed E-state index contributed by atoms with van der Waals surface area (Å²) in [6.07, 6.45) is 0. The molecule has 0 radical (unpaired) electrons. The fourth-order valence-corrected chi connectivity index (χ4v) is 3.70. The summed E-state index contributed by atoms with van der Waals surface area (Å²) in [7, 11) is 4.11. The standard InChI is InChI=1S/C21H23BrN4OS/c1-26(2)11-10-23-13-15-6-8-16(9-7-15)20(27)25-21-24-19(14-28-21)17-4-3-5-18(22)12-17/h3-9,12,14,23H,10-11,13H2,1-2H3,(H,24,25,27). The van der Waals surface area contributed by atoms with Crippen molar-refractivity contribution >= 4 is 38.3 Å². The quantitative estimate of drug-likeness (QED) is 0.488. The van der Waals surface area contributed by atoms with E-state index in [2.05, 4.69) is 50.5 Å². The molecule has 1 amide bonds. The van der Waals surface area contributed by atoms with Crippen molar-refractivity contribution in [3.8, 4) is 11.3 Å². The lowest BCUT2D eigenvalue weighted by molar-refractivity contribution is 0.102. The predicted molar refractivity (Wildman–Crippen MR) is 120 cm³/mol. The van der Waals surface area contributed by atoms with E-state index < -0.39 is 0 Å². The molecule has 2 aromatic carbocycles. The third kappa shape index (κ3) is 5.97. The highest BCUT2D eigenvalue weighted by atomic mass is 79.9. The van der Waals surface area contributed by atoms with Crippen LogP contribution < -0.4 is 10.6 Å². The first-order valence-electron chi connectivity index (χ1n) is 8.98. The van der Waals surface area contributed by atoms with E-state index in [1.54, 1.807) is 0 Å². The van der Waals surface area contributed by atoms with Crippen molar-refractivity contribution in [1.82, 2.24) is 15.2 Å². The number of likely N-dealkylation sites (N-methyl/N-ethyl adjacent to an activating group) is 1. The van der Waals surface area contributed by atoms with Gasteiger partial charge in [0.25, 0.3) is 5.91 Å². The summed E-state index contributed by atoms with van der Waals surface area (Å²) < 4.78 is 1.000. The molecular weight excluding hydrogens is 436 g/mol. The van der Waals surface area contributed by atoms with Crippen LogP contribution in [0.5, 0.6) is 0 Å². The summed E-state index contributed by atoms with van der Waals surface area (Å²) in [6.45, 7) is 2.72. The zero-order valence-electron chi connectivity index (χ0n) is 15.9. The van der Waals surface area contributed by atoms with Crippen molar-refractivity contribution in [2.24, 2.45) is 0 Å². The first-order valence-corrected chi connectivity index (χ1v) is 10.7. The summed E-state index contributed by atoms with van der Waals surface area (Å²) in [4.78, 5) is 19.1. The van der Waals surface area contributed by atoms with Gasteiger partial charge in [-0.25, -0.2) is 4.98 Å². The van der Waals surface area contributed by atoms with Gasteiger partial charge in [-0.05, 0) is 43.9 Å². The Labute approximate surface area is 177 Å². The molecule has 0 saturated heterocycles. The molecule has 1 aromatic heterocycles. The Kier molecular flexibility index (Phi) is 7.33. The lowest BCUT2D eigenvalue weighted by Gasteiger charge is -2.10. The van der Waals surface area contributed by atoms with Crippen LogP contribution in [0, 0.1) is 0 Å². The summed E-state index contributed by atoms with van der Waals surface area (Å²) in [5.41, 5.74) is 3.63. The molecule has 0 aliphatic rings. The zero-order chi connectivity index (χ0) is 19.9. The summed E-state index contributed by atoms with van der Waals surface area (Å²) in [6, 6.07) is 15.6. The Morgan fingerprint density at radius 2 is 1.96 bits per heavy atom. The van der Waals surface area contributed by atoms with Crippen LogP contribution in [0.15, 0.2) is 58.4 Å². The van der Waals surface area contributed by atoms with Gasteiger partial charge in [0.1, 0.15) is 0 Å². The molecule has 3 rings (SSSR count). The number of benzene rings is 2. The lowest BCUT2D eigenvalue weighted by Crippen LogP contribution is -2.26. The van der Waals surface area contributed by atoms with Crippen LogP contribution in [0.25, 0.3) is 11.3 Å². The molecule has 146 valence electrons. The van der Waals surface area contributed by atoms with Crippen LogP contribution >= 0.6 is 27.3 Å². The van der Waals surface area contributed by atoms with Crippen molar-refractivity contribution in [1.29, 1.82) is 0 Å². The second kappa shape index (κ2) is 9.93. The molecule has 0 saturated carbocycles. The highest BCUT2D eigenvalue weighted by Crippen LogP contribution is 2.27. The topological polar surface area (TPSA) is 57.3 Å². The average molecular weight is 459 g/mol. The number of carbonyl (C=O) groups is 1. The van der Waals surface area contributed by atoms with E-state index in [1.165, 1.54) is 11.3 Å². The smallest absolute Gasteiger partial charge is 0.257 e. The molecule has 0 aliphatic carbocycles. The number of hydrogen-bond acceptors (Lipinski definition) is 5. The minimum atomic E-state index is -0.151. The molecule has 0 unspecified atom stereocenters. The van der Waals surface area contributed by atoms with Crippen molar-refractivity contribution in [2.75, 3.05) is 32.5 Å². The number of nitrogens with one attached hydrogen (secondary N) is 2. The number of aromatic nitrogens is 1. The molecule has 28 heavy (non-hydrogen) atoms. The summed E-state index contributed by atoms with van der Waals surface area (Å²) in [5.74, 6) is -0.151. The maximum absolute atomic E-state index is 12.5. The van der Waals surface area contributed by atoms with Gasteiger partial charge in [0.05, 0.1) is 5.69 Å². The number of halogens is 1. The molecule has 3 aromatic rings. The molecule has 1 heterocycles. The molecule has 0 aliphatic heterocycles. The van der Waals surface area contributed by atoms with Crippen LogP contribution in [0.2, 0.25) is 0 Å². The largest absolute Gasteiger partial charge is 0.311 e. The van der Waals surface area contributed by atoms with Crippen LogP contribution in [-0.2, 0) is 6.54 Å². The van der Waals surface area contributed by atoms with E-state index in [9.17, 15) is 4.79 Å². The van der Waals surface area contributed by atoms with E-state index >= 15 is 0 Å².